The van der Waals surface area contributed by atoms with Crippen molar-refractivity contribution in [1.82, 2.24) is 0 Å². The van der Waals surface area contributed by atoms with Crippen LogP contribution in [-0.2, 0) is 4.79 Å². The van der Waals surface area contributed by atoms with Gasteiger partial charge in [0.1, 0.15) is 7.85 Å². The second-order valence-corrected chi connectivity index (χ2v) is 4.18. The molecule has 2 rings (SSSR count). The Morgan fingerprint density at radius 2 is 2.17 bits per heavy atom. The number of hydrogen-bond acceptors (Lipinski definition) is 2. The molecule has 1 unspecified atom stereocenters. The summed E-state index contributed by atoms with van der Waals surface area (Å²) < 4.78 is 37.6. The number of anilines is 2. The molecule has 0 saturated carbocycles. The van der Waals surface area contributed by atoms with E-state index in [9.17, 15) is 18.0 Å². The van der Waals surface area contributed by atoms with Gasteiger partial charge in [-0.05, 0) is 19.1 Å². The van der Waals surface area contributed by atoms with Crippen LogP contribution in [0, 0.1) is 0 Å². The number of benzene rings is 1. The summed E-state index contributed by atoms with van der Waals surface area (Å²) in [5.41, 5.74) is 1.06. The number of rotatable bonds is 0. The normalized spacial score (nSPS) is 19.1. The summed E-state index contributed by atoms with van der Waals surface area (Å²) in [7, 11) is 5.56. The maximum absolute atomic E-state index is 12.5. The van der Waals surface area contributed by atoms with E-state index in [1.54, 1.807) is 6.92 Å². The quantitative estimate of drug-likeness (QED) is 0.705. The van der Waals surface area contributed by atoms with Crippen molar-refractivity contribution in [2.75, 3.05) is 16.8 Å². The summed E-state index contributed by atoms with van der Waals surface area (Å²) in [4.78, 5) is 12.2. The number of alkyl halides is 3. The summed E-state index contributed by atoms with van der Waals surface area (Å²) in [6.45, 7) is 1.80. The van der Waals surface area contributed by atoms with Gasteiger partial charge in [-0.1, -0.05) is 11.5 Å². The molecule has 0 aromatic heterocycles. The lowest BCUT2D eigenvalue weighted by Gasteiger charge is -2.36. The molecule has 0 spiro atoms. The van der Waals surface area contributed by atoms with Crippen LogP contribution in [0.3, 0.4) is 0 Å². The molecule has 1 aliphatic rings. The summed E-state index contributed by atoms with van der Waals surface area (Å²) >= 11 is 0. The molecule has 7 heteroatoms. The third-order valence-corrected chi connectivity index (χ3v) is 2.77. The van der Waals surface area contributed by atoms with Gasteiger partial charge in [0.25, 0.3) is 0 Å². The van der Waals surface area contributed by atoms with E-state index in [2.05, 4.69) is 5.32 Å². The molecule has 18 heavy (non-hydrogen) atoms. The van der Waals surface area contributed by atoms with E-state index in [-0.39, 0.29) is 12.2 Å². The molecular weight excluding hydrogens is 244 g/mol. The van der Waals surface area contributed by atoms with Gasteiger partial charge >= 0.3 is 12.1 Å². The number of halogens is 3. The molecule has 1 N–H and O–H groups in total. The second kappa shape index (κ2) is 4.22. The Hall–Kier alpha value is -1.66. The lowest BCUT2D eigenvalue weighted by molar-refractivity contribution is -0.170. The van der Waals surface area contributed by atoms with Crippen molar-refractivity contribution in [3.05, 3.63) is 18.2 Å². The Balaban J connectivity index is 2.46. The lowest BCUT2D eigenvalue weighted by Crippen LogP contribution is -2.51. The Labute approximate surface area is 103 Å². The van der Waals surface area contributed by atoms with E-state index < -0.39 is 18.1 Å². The van der Waals surface area contributed by atoms with E-state index in [1.807, 2.05) is 0 Å². The van der Waals surface area contributed by atoms with Gasteiger partial charge < -0.3 is 5.32 Å². The molecule has 0 aliphatic carbocycles. The highest BCUT2D eigenvalue weighted by molar-refractivity contribution is 6.32. The van der Waals surface area contributed by atoms with Crippen LogP contribution in [-0.4, -0.2) is 32.5 Å². The third kappa shape index (κ3) is 2.17. The standard InChI is InChI=1S/C11H10BF3N2O/c1-6-5-16-8-4-7(12)2-3-9(8)17(6)10(18)11(13,14)15/h2-4,6,16H,5H2,1H3. The van der Waals surface area contributed by atoms with Crippen LogP contribution in [0.25, 0.3) is 0 Å². The van der Waals surface area contributed by atoms with Crippen LogP contribution >= 0.6 is 0 Å². The topological polar surface area (TPSA) is 32.3 Å². The van der Waals surface area contributed by atoms with E-state index in [0.717, 1.165) is 4.90 Å². The molecule has 1 aromatic carbocycles. The van der Waals surface area contributed by atoms with Crippen LogP contribution in [0.4, 0.5) is 24.5 Å². The van der Waals surface area contributed by atoms with Crippen LogP contribution in [0.2, 0.25) is 0 Å². The van der Waals surface area contributed by atoms with Crippen molar-refractivity contribution in [3.8, 4) is 0 Å². The zero-order valence-corrected chi connectivity index (χ0v) is 9.58. The van der Waals surface area contributed by atoms with Crippen LogP contribution in [0.15, 0.2) is 18.2 Å². The van der Waals surface area contributed by atoms with E-state index in [4.69, 9.17) is 7.85 Å². The molecule has 1 atom stereocenters. The smallest absolute Gasteiger partial charge is 0.381 e. The van der Waals surface area contributed by atoms with Crippen LogP contribution in [0.5, 0.6) is 0 Å². The Bertz CT molecular complexity index is 490. The zero-order chi connectivity index (χ0) is 13.5. The molecule has 1 aliphatic heterocycles. The SMILES string of the molecule is [B]c1ccc2c(c1)NCC(C)N2C(=O)C(F)(F)F. The van der Waals surface area contributed by atoms with Crippen molar-refractivity contribution in [1.29, 1.82) is 0 Å². The van der Waals surface area contributed by atoms with Gasteiger partial charge in [0.15, 0.2) is 0 Å². The first-order valence-corrected chi connectivity index (χ1v) is 5.34. The maximum Gasteiger partial charge on any atom is 0.471 e. The molecule has 3 nitrogen and oxygen atoms in total. The highest BCUT2D eigenvalue weighted by Crippen LogP contribution is 2.33. The van der Waals surface area contributed by atoms with Gasteiger partial charge in [-0.15, -0.1) is 0 Å². The largest absolute Gasteiger partial charge is 0.471 e. The molecule has 1 aromatic rings. The minimum Gasteiger partial charge on any atom is -0.381 e. The molecule has 94 valence electrons. The first-order valence-electron chi connectivity index (χ1n) is 5.34. The average molecular weight is 254 g/mol. The van der Waals surface area contributed by atoms with E-state index in [0.29, 0.717) is 11.2 Å². The molecule has 1 heterocycles. The average Bonchev–Trinajstić information content (AvgIpc) is 2.27. The van der Waals surface area contributed by atoms with E-state index in [1.165, 1.54) is 18.2 Å². The van der Waals surface area contributed by atoms with Gasteiger partial charge in [-0.25, -0.2) is 0 Å². The number of carbonyl (C=O) groups excluding carboxylic acids is 1. The summed E-state index contributed by atoms with van der Waals surface area (Å²) in [5, 5.41) is 2.95. The molecular formula is C11H10BF3N2O. The van der Waals surface area contributed by atoms with Crippen molar-refractivity contribution < 1.29 is 18.0 Å². The monoisotopic (exact) mass is 254 g/mol. The highest BCUT2D eigenvalue weighted by atomic mass is 19.4. The van der Waals surface area contributed by atoms with Gasteiger partial charge in [-0.2, -0.15) is 13.2 Å². The Morgan fingerprint density at radius 3 is 2.78 bits per heavy atom. The predicted octanol–water partition coefficient (Wildman–Crippen LogP) is 1.19. The van der Waals surface area contributed by atoms with Crippen molar-refractivity contribution in [2.24, 2.45) is 0 Å². The number of carbonyl (C=O) groups is 1. The van der Waals surface area contributed by atoms with Gasteiger partial charge in [0, 0.05) is 6.54 Å². The minimum absolute atomic E-state index is 0.199. The van der Waals surface area contributed by atoms with Gasteiger partial charge in [-0.3, -0.25) is 9.69 Å². The molecule has 0 saturated heterocycles. The molecule has 0 fully saturated rings. The number of fused-ring (bicyclic) bond motifs is 1. The third-order valence-electron chi connectivity index (χ3n) is 2.77. The fraction of sp³-hybridized carbons (Fsp3) is 0.364. The fourth-order valence-electron chi connectivity index (χ4n) is 1.94. The van der Waals surface area contributed by atoms with Gasteiger partial charge in [0.05, 0.1) is 17.4 Å². The number of amides is 1. The minimum atomic E-state index is -4.88. The molecule has 1 amide bonds. The van der Waals surface area contributed by atoms with Crippen LogP contribution in [0.1, 0.15) is 6.92 Å². The zero-order valence-electron chi connectivity index (χ0n) is 9.58. The van der Waals surface area contributed by atoms with Gasteiger partial charge in [0.2, 0.25) is 0 Å². The van der Waals surface area contributed by atoms with Crippen molar-refractivity contribution >= 4 is 30.6 Å². The first-order chi connectivity index (χ1) is 8.30. The molecule has 2 radical (unpaired) electrons. The van der Waals surface area contributed by atoms with E-state index >= 15 is 0 Å². The Morgan fingerprint density at radius 1 is 1.50 bits per heavy atom. The second-order valence-electron chi connectivity index (χ2n) is 4.18. The molecule has 0 bridgehead atoms. The highest BCUT2D eigenvalue weighted by Gasteiger charge is 2.45. The maximum atomic E-state index is 12.5. The summed E-state index contributed by atoms with van der Waals surface area (Å²) in [5.74, 6) is -1.86. The van der Waals surface area contributed by atoms with Crippen molar-refractivity contribution in [3.63, 3.8) is 0 Å². The predicted molar refractivity (Wildman–Crippen MR) is 63.3 cm³/mol. The van der Waals surface area contributed by atoms with Crippen molar-refractivity contribution in [2.45, 2.75) is 19.1 Å². The summed E-state index contributed by atoms with van der Waals surface area (Å²) in [6, 6.07) is 3.82. The number of nitrogens with one attached hydrogen (secondary N) is 1. The van der Waals surface area contributed by atoms with Crippen LogP contribution < -0.4 is 15.7 Å². The first kappa shape index (κ1) is 12.8. The Kier molecular flexibility index (Phi) is 3.00. The number of hydrogen-bond donors (Lipinski definition) is 1. The summed E-state index contributed by atoms with van der Waals surface area (Å²) in [6.07, 6.45) is -4.88. The number of nitrogens with zero attached hydrogens (tertiary/aromatic N) is 1. The fourth-order valence-corrected chi connectivity index (χ4v) is 1.94. The lowest BCUT2D eigenvalue weighted by atomic mass is 9.94.